The zero-order valence-corrected chi connectivity index (χ0v) is 17.3. The van der Waals surface area contributed by atoms with Crippen molar-refractivity contribution in [2.75, 3.05) is 18.5 Å². The Kier molecular flexibility index (Phi) is 6.55. The highest BCUT2D eigenvalue weighted by Gasteiger charge is 2.29. The van der Waals surface area contributed by atoms with Crippen LogP contribution in [-0.2, 0) is 23.9 Å². The van der Waals surface area contributed by atoms with Gasteiger partial charge in [-0.2, -0.15) is 13.2 Å². The molecule has 32 heavy (non-hydrogen) atoms. The summed E-state index contributed by atoms with van der Waals surface area (Å²) in [6, 6.07) is 10.3. The third-order valence-electron chi connectivity index (χ3n) is 5.42. The molecule has 3 heterocycles. The van der Waals surface area contributed by atoms with Gasteiger partial charge in [-0.3, -0.25) is 4.79 Å². The van der Waals surface area contributed by atoms with Crippen molar-refractivity contribution >= 4 is 5.95 Å². The van der Waals surface area contributed by atoms with Gasteiger partial charge in [-0.05, 0) is 49.1 Å². The molecule has 9 heteroatoms. The molecular weight excluding hydrogens is 421 g/mol. The van der Waals surface area contributed by atoms with Crippen LogP contribution in [0.1, 0.15) is 24.0 Å². The molecule has 0 bridgehead atoms. The number of nitrogens with one attached hydrogen (secondary N) is 1. The summed E-state index contributed by atoms with van der Waals surface area (Å²) in [6.07, 6.45) is 1.21. The minimum Gasteiger partial charge on any atom is -0.381 e. The van der Waals surface area contributed by atoms with Gasteiger partial charge in [-0.1, -0.05) is 12.1 Å². The number of anilines is 1. The number of halogens is 3. The predicted octanol–water partition coefficient (Wildman–Crippen LogP) is 4.16. The average molecular weight is 444 g/mol. The van der Waals surface area contributed by atoms with E-state index in [9.17, 15) is 18.0 Å². The first-order chi connectivity index (χ1) is 15.4. The van der Waals surface area contributed by atoms with E-state index in [-0.39, 0.29) is 11.6 Å². The van der Waals surface area contributed by atoms with Gasteiger partial charge in [0.25, 0.3) is 5.56 Å². The molecule has 0 saturated carbocycles. The zero-order chi connectivity index (χ0) is 22.6. The Bertz CT molecular complexity index is 1110. The van der Waals surface area contributed by atoms with Gasteiger partial charge in [0.2, 0.25) is 5.95 Å². The molecule has 0 amide bonds. The summed E-state index contributed by atoms with van der Waals surface area (Å²) in [4.78, 5) is 21.4. The molecule has 6 nitrogen and oxygen atoms in total. The highest BCUT2D eigenvalue weighted by Crippen LogP contribution is 2.29. The lowest BCUT2D eigenvalue weighted by Crippen LogP contribution is -2.28. The minimum atomic E-state index is -4.35. The summed E-state index contributed by atoms with van der Waals surface area (Å²) in [5.74, 6) is 0.515. The first-order valence-electron chi connectivity index (χ1n) is 10.4. The van der Waals surface area contributed by atoms with Gasteiger partial charge in [0.15, 0.2) is 0 Å². The van der Waals surface area contributed by atoms with E-state index >= 15 is 0 Å². The Morgan fingerprint density at radius 2 is 1.84 bits per heavy atom. The molecule has 4 rings (SSSR count). The lowest BCUT2D eigenvalue weighted by atomic mass is 10.1. The molecule has 0 radical (unpaired) electrons. The molecule has 0 aliphatic carbocycles. The molecule has 1 fully saturated rings. The molecule has 1 aliphatic heterocycles. The Balaban J connectivity index is 1.42. The van der Waals surface area contributed by atoms with Gasteiger partial charge < -0.3 is 14.6 Å². The number of rotatable bonds is 6. The van der Waals surface area contributed by atoms with Crippen molar-refractivity contribution in [3.63, 3.8) is 0 Å². The van der Waals surface area contributed by atoms with Gasteiger partial charge in [-0.15, -0.1) is 0 Å². The molecule has 0 spiro atoms. The Morgan fingerprint density at radius 3 is 2.53 bits per heavy atom. The van der Waals surface area contributed by atoms with Gasteiger partial charge in [-0.25, -0.2) is 9.97 Å². The number of hydrogen-bond acceptors (Lipinski definition) is 5. The number of nitrogens with zero attached hydrogens (tertiary/aromatic N) is 3. The smallest absolute Gasteiger partial charge is 0.381 e. The number of aromatic nitrogens is 3. The number of ether oxygens (including phenoxy) is 1. The van der Waals surface area contributed by atoms with Crippen molar-refractivity contribution in [2.24, 2.45) is 0 Å². The molecule has 1 aliphatic rings. The second kappa shape index (κ2) is 9.52. The molecule has 3 aromatic rings. The Hall–Kier alpha value is -3.20. The van der Waals surface area contributed by atoms with Crippen molar-refractivity contribution in [2.45, 2.75) is 38.0 Å². The number of hydrogen-bond donors (Lipinski definition) is 1. The van der Waals surface area contributed by atoms with Gasteiger partial charge in [0.1, 0.15) is 0 Å². The first kappa shape index (κ1) is 22.0. The summed E-state index contributed by atoms with van der Waals surface area (Å²) in [5, 5.41) is 3.31. The quantitative estimate of drug-likeness (QED) is 0.619. The highest BCUT2D eigenvalue weighted by atomic mass is 19.4. The van der Waals surface area contributed by atoms with Crippen molar-refractivity contribution < 1.29 is 17.9 Å². The maximum atomic E-state index is 12.7. The lowest BCUT2D eigenvalue weighted by Gasteiger charge is -2.23. The van der Waals surface area contributed by atoms with Crippen LogP contribution >= 0.6 is 0 Å². The van der Waals surface area contributed by atoms with Crippen LogP contribution in [0.4, 0.5) is 19.1 Å². The maximum absolute atomic E-state index is 12.7. The van der Waals surface area contributed by atoms with E-state index in [2.05, 4.69) is 15.3 Å². The third-order valence-corrected chi connectivity index (χ3v) is 5.42. The summed E-state index contributed by atoms with van der Waals surface area (Å²) < 4.78 is 44.9. The van der Waals surface area contributed by atoms with Crippen molar-refractivity contribution in [1.29, 1.82) is 0 Å². The van der Waals surface area contributed by atoms with Crippen molar-refractivity contribution in [1.82, 2.24) is 14.5 Å². The average Bonchev–Trinajstić information content (AvgIpc) is 2.79. The van der Waals surface area contributed by atoms with E-state index in [0.717, 1.165) is 30.5 Å². The fourth-order valence-corrected chi connectivity index (χ4v) is 3.58. The van der Waals surface area contributed by atoms with Crippen molar-refractivity contribution in [3.05, 3.63) is 76.3 Å². The summed E-state index contributed by atoms with van der Waals surface area (Å²) in [6.45, 7) is 1.79. The lowest BCUT2D eigenvalue weighted by molar-refractivity contribution is -0.137. The van der Waals surface area contributed by atoms with E-state index in [1.807, 2.05) is 0 Å². The van der Waals surface area contributed by atoms with Crippen LogP contribution in [0.3, 0.4) is 0 Å². The van der Waals surface area contributed by atoms with Gasteiger partial charge in [0.05, 0.1) is 11.3 Å². The van der Waals surface area contributed by atoms with E-state index in [0.29, 0.717) is 43.4 Å². The molecule has 1 aromatic carbocycles. The first-order valence-corrected chi connectivity index (χ1v) is 10.4. The topological polar surface area (TPSA) is 69.0 Å². The SMILES string of the molecule is O=c1cc(-c2ccnc(NC3CCOCC3)n2)ccn1CCc1ccc(C(F)(F)F)cc1. The maximum Gasteiger partial charge on any atom is 0.416 e. The number of benzene rings is 1. The van der Waals surface area contributed by atoms with E-state index in [4.69, 9.17) is 4.74 Å². The molecule has 168 valence electrons. The number of alkyl halides is 3. The Labute approximate surface area is 183 Å². The number of pyridine rings is 1. The summed E-state index contributed by atoms with van der Waals surface area (Å²) in [7, 11) is 0. The normalized spacial score (nSPS) is 15.0. The molecular formula is C23H23F3N4O2. The molecule has 1 saturated heterocycles. The number of aryl methyl sites for hydroxylation is 2. The van der Waals surface area contributed by atoms with Crippen LogP contribution in [-0.4, -0.2) is 33.8 Å². The van der Waals surface area contributed by atoms with Crippen LogP contribution < -0.4 is 10.9 Å². The second-order valence-electron chi connectivity index (χ2n) is 7.69. The zero-order valence-electron chi connectivity index (χ0n) is 17.3. The predicted molar refractivity (Wildman–Crippen MR) is 114 cm³/mol. The van der Waals surface area contributed by atoms with Crippen LogP contribution in [0.2, 0.25) is 0 Å². The van der Waals surface area contributed by atoms with Gasteiger partial charge in [0, 0.05) is 49.8 Å². The molecule has 1 N–H and O–H groups in total. The molecule has 2 aromatic heterocycles. The fourth-order valence-electron chi connectivity index (χ4n) is 3.58. The van der Waals surface area contributed by atoms with E-state index in [1.54, 1.807) is 24.5 Å². The Morgan fingerprint density at radius 1 is 1.09 bits per heavy atom. The van der Waals surface area contributed by atoms with Gasteiger partial charge >= 0.3 is 6.18 Å². The highest BCUT2D eigenvalue weighted by molar-refractivity contribution is 5.59. The minimum absolute atomic E-state index is 0.202. The summed E-state index contributed by atoms with van der Waals surface area (Å²) >= 11 is 0. The van der Waals surface area contributed by atoms with E-state index in [1.165, 1.54) is 22.8 Å². The summed E-state index contributed by atoms with van der Waals surface area (Å²) in [5.41, 5.74) is 1.17. The van der Waals surface area contributed by atoms with Crippen LogP contribution in [0.15, 0.2) is 59.7 Å². The largest absolute Gasteiger partial charge is 0.416 e. The van der Waals surface area contributed by atoms with E-state index < -0.39 is 11.7 Å². The fraction of sp³-hybridized carbons (Fsp3) is 0.348. The third kappa shape index (κ3) is 5.53. The standard InChI is InChI=1S/C23H23F3N4O2/c24-23(25,26)18-3-1-16(2-4-18)6-11-30-12-7-17(15-21(30)31)20-5-10-27-22(29-20)28-19-8-13-32-14-9-19/h1-5,7,10,12,15,19H,6,8-9,11,13-14H2,(H,27,28,29). The molecule has 0 unspecified atom stereocenters. The van der Waals surface area contributed by atoms with Crippen LogP contribution in [0, 0.1) is 0 Å². The van der Waals surface area contributed by atoms with Crippen molar-refractivity contribution in [3.8, 4) is 11.3 Å². The van der Waals surface area contributed by atoms with Crippen LogP contribution in [0.25, 0.3) is 11.3 Å². The second-order valence-corrected chi connectivity index (χ2v) is 7.69. The molecule has 0 atom stereocenters. The van der Waals surface area contributed by atoms with Crippen LogP contribution in [0.5, 0.6) is 0 Å². The monoisotopic (exact) mass is 444 g/mol.